The number of rotatable bonds is 6. The molecule has 0 fully saturated rings. The molecule has 0 aliphatic rings. The van der Waals surface area contributed by atoms with Crippen molar-refractivity contribution in [2.45, 2.75) is 12.7 Å². The van der Waals surface area contributed by atoms with Crippen LogP contribution in [0.2, 0.25) is 0 Å². The third-order valence-electron chi connectivity index (χ3n) is 2.59. The number of nitriles is 1. The molecule has 0 spiro atoms. The van der Waals surface area contributed by atoms with E-state index >= 15 is 0 Å². The van der Waals surface area contributed by atoms with Gasteiger partial charge in [-0.3, -0.25) is 4.21 Å². The molecule has 2 N–H and O–H groups in total. The van der Waals surface area contributed by atoms with E-state index in [0.29, 0.717) is 29.4 Å². The van der Waals surface area contributed by atoms with Crippen LogP contribution in [0.15, 0.2) is 18.2 Å². The van der Waals surface area contributed by atoms with Gasteiger partial charge in [0.05, 0.1) is 12.7 Å². The third-order valence-corrected chi connectivity index (χ3v) is 4.18. The average molecular weight is 266 g/mol. The minimum atomic E-state index is -0.938. The van der Waals surface area contributed by atoms with Gasteiger partial charge in [0.15, 0.2) is 0 Å². The number of hydrogen-bond donors (Lipinski definition) is 1. The lowest BCUT2D eigenvalue weighted by Gasteiger charge is -2.09. The summed E-state index contributed by atoms with van der Waals surface area (Å²) in [5, 5.41) is 8.87. The molecule has 0 amide bonds. The summed E-state index contributed by atoms with van der Waals surface area (Å²) < 4.78 is 17.0. The molecule has 0 aromatic heterocycles. The number of methoxy groups -OCH3 is 1. The fourth-order valence-electron chi connectivity index (χ4n) is 1.55. The highest BCUT2D eigenvalue weighted by atomic mass is 32.2. The van der Waals surface area contributed by atoms with Gasteiger partial charge in [0.2, 0.25) is 0 Å². The molecule has 18 heavy (non-hydrogen) atoms. The number of nitrogens with zero attached hydrogens (tertiary/aromatic N) is 1. The highest BCUT2D eigenvalue weighted by Gasteiger charge is 2.09. The molecular formula is C13H18N2O2S. The lowest BCUT2D eigenvalue weighted by atomic mass is 10.1. The summed E-state index contributed by atoms with van der Waals surface area (Å²) in [6.45, 7) is 2.53. The van der Waals surface area contributed by atoms with Gasteiger partial charge in [0.1, 0.15) is 11.8 Å². The van der Waals surface area contributed by atoms with Crippen LogP contribution in [0.4, 0.5) is 0 Å². The first-order valence-electron chi connectivity index (χ1n) is 5.72. The molecule has 0 saturated heterocycles. The monoisotopic (exact) mass is 266 g/mol. The summed E-state index contributed by atoms with van der Waals surface area (Å²) in [6.07, 6.45) is 0. The fourth-order valence-corrected chi connectivity index (χ4v) is 2.99. The van der Waals surface area contributed by atoms with Crippen LogP contribution in [0, 0.1) is 17.2 Å². The largest absolute Gasteiger partial charge is 0.495 e. The molecule has 1 rings (SSSR count). The number of ether oxygens (including phenoxy) is 1. The van der Waals surface area contributed by atoms with Crippen molar-refractivity contribution in [3.05, 3.63) is 29.3 Å². The van der Waals surface area contributed by atoms with Crippen LogP contribution in [-0.2, 0) is 16.6 Å². The molecule has 4 nitrogen and oxygen atoms in total. The molecule has 0 radical (unpaired) electrons. The normalized spacial score (nSPS) is 13.7. The van der Waals surface area contributed by atoms with Gasteiger partial charge in [-0.15, -0.1) is 0 Å². The zero-order valence-electron chi connectivity index (χ0n) is 10.7. The maximum atomic E-state index is 11.9. The second-order valence-corrected chi connectivity index (χ2v) is 5.74. The van der Waals surface area contributed by atoms with Gasteiger partial charge in [-0.25, -0.2) is 0 Å². The van der Waals surface area contributed by atoms with Gasteiger partial charge < -0.3 is 10.5 Å². The van der Waals surface area contributed by atoms with Crippen LogP contribution in [0.3, 0.4) is 0 Å². The van der Waals surface area contributed by atoms with Crippen molar-refractivity contribution < 1.29 is 8.95 Å². The summed E-state index contributed by atoms with van der Waals surface area (Å²) in [5.74, 6) is 1.84. The Morgan fingerprint density at radius 2 is 2.28 bits per heavy atom. The molecule has 0 bridgehead atoms. The van der Waals surface area contributed by atoms with Crippen LogP contribution in [-0.4, -0.2) is 23.6 Å². The van der Waals surface area contributed by atoms with Crippen molar-refractivity contribution in [3.63, 3.8) is 0 Å². The van der Waals surface area contributed by atoms with E-state index in [0.717, 1.165) is 5.56 Å². The standard InChI is InChI=1S/C13H18N2O2S/c1-10(6-14)8-18(16)9-11-3-4-12(7-15)13(5-11)17-2/h3-5,10H,6,8-9,14H2,1-2H3. The molecule has 0 saturated carbocycles. The molecule has 2 atom stereocenters. The van der Waals surface area contributed by atoms with Crippen LogP contribution >= 0.6 is 0 Å². The first-order chi connectivity index (χ1) is 8.60. The van der Waals surface area contributed by atoms with Gasteiger partial charge in [-0.2, -0.15) is 5.26 Å². The molecule has 0 aliphatic heterocycles. The van der Waals surface area contributed by atoms with E-state index < -0.39 is 10.8 Å². The Hall–Kier alpha value is -1.38. The van der Waals surface area contributed by atoms with Crippen molar-refractivity contribution in [1.29, 1.82) is 5.26 Å². The Morgan fingerprint density at radius 1 is 1.56 bits per heavy atom. The van der Waals surface area contributed by atoms with E-state index in [4.69, 9.17) is 15.7 Å². The maximum absolute atomic E-state index is 11.9. The SMILES string of the molecule is COc1cc(CS(=O)CC(C)CN)ccc1C#N. The summed E-state index contributed by atoms with van der Waals surface area (Å²) in [6, 6.07) is 7.32. The lowest BCUT2D eigenvalue weighted by Crippen LogP contribution is -2.18. The molecule has 0 aliphatic carbocycles. The summed E-state index contributed by atoms with van der Waals surface area (Å²) in [5.41, 5.74) is 6.91. The fraction of sp³-hybridized carbons (Fsp3) is 0.462. The summed E-state index contributed by atoms with van der Waals surface area (Å²) >= 11 is 0. The Morgan fingerprint density at radius 3 is 2.83 bits per heavy atom. The van der Waals surface area contributed by atoms with Crippen molar-refractivity contribution in [2.24, 2.45) is 11.7 Å². The second kappa shape index (κ2) is 7.14. The molecule has 5 heteroatoms. The highest BCUT2D eigenvalue weighted by molar-refractivity contribution is 7.84. The molecule has 2 unspecified atom stereocenters. The van der Waals surface area contributed by atoms with Gasteiger partial charge in [-0.1, -0.05) is 13.0 Å². The summed E-state index contributed by atoms with van der Waals surface area (Å²) in [4.78, 5) is 0. The quantitative estimate of drug-likeness (QED) is 0.844. The molecular weight excluding hydrogens is 248 g/mol. The number of benzene rings is 1. The van der Waals surface area contributed by atoms with E-state index in [-0.39, 0.29) is 5.92 Å². The first-order valence-corrected chi connectivity index (χ1v) is 7.21. The zero-order valence-corrected chi connectivity index (χ0v) is 11.5. The maximum Gasteiger partial charge on any atom is 0.136 e. The smallest absolute Gasteiger partial charge is 0.136 e. The predicted molar refractivity (Wildman–Crippen MR) is 72.6 cm³/mol. The van der Waals surface area contributed by atoms with Gasteiger partial charge >= 0.3 is 0 Å². The van der Waals surface area contributed by atoms with Crippen molar-refractivity contribution in [2.75, 3.05) is 19.4 Å². The van der Waals surface area contributed by atoms with Gasteiger partial charge in [0, 0.05) is 22.3 Å². The Balaban J connectivity index is 2.74. The van der Waals surface area contributed by atoms with Crippen molar-refractivity contribution in [3.8, 4) is 11.8 Å². The third kappa shape index (κ3) is 4.13. The van der Waals surface area contributed by atoms with Crippen molar-refractivity contribution in [1.82, 2.24) is 0 Å². The highest BCUT2D eigenvalue weighted by Crippen LogP contribution is 2.20. The van der Waals surface area contributed by atoms with E-state index in [1.165, 1.54) is 7.11 Å². The van der Waals surface area contributed by atoms with E-state index in [1.54, 1.807) is 12.1 Å². The van der Waals surface area contributed by atoms with Crippen LogP contribution in [0.5, 0.6) is 5.75 Å². The Labute approximate surface area is 110 Å². The molecule has 0 heterocycles. The minimum Gasteiger partial charge on any atom is -0.495 e. The second-order valence-electron chi connectivity index (χ2n) is 4.24. The van der Waals surface area contributed by atoms with Gasteiger partial charge in [0.25, 0.3) is 0 Å². The number of nitrogens with two attached hydrogens (primary N) is 1. The topological polar surface area (TPSA) is 76.1 Å². The molecule has 98 valence electrons. The van der Waals surface area contributed by atoms with E-state index in [2.05, 4.69) is 6.07 Å². The number of hydrogen-bond acceptors (Lipinski definition) is 4. The van der Waals surface area contributed by atoms with Crippen molar-refractivity contribution >= 4 is 10.8 Å². The average Bonchev–Trinajstić information content (AvgIpc) is 2.38. The van der Waals surface area contributed by atoms with Crippen LogP contribution in [0.1, 0.15) is 18.1 Å². The first kappa shape index (κ1) is 14.7. The molecule has 1 aromatic rings. The predicted octanol–water partition coefficient (Wildman–Crippen LogP) is 1.41. The Kier molecular flexibility index (Phi) is 5.83. The molecule has 1 aromatic carbocycles. The minimum absolute atomic E-state index is 0.256. The van der Waals surface area contributed by atoms with Gasteiger partial charge in [-0.05, 0) is 30.2 Å². The lowest BCUT2D eigenvalue weighted by molar-refractivity contribution is 0.413. The van der Waals surface area contributed by atoms with Crippen LogP contribution < -0.4 is 10.5 Å². The zero-order chi connectivity index (χ0) is 13.5. The van der Waals surface area contributed by atoms with E-state index in [9.17, 15) is 4.21 Å². The Bertz CT molecular complexity index is 469. The summed E-state index contributed by atoms with van der Waals surface area (Å²) in [7, 11) is 0.583. The van der Waals surface area contributed by atoms with Crippen LogP contribution in [0.25, 0.3) is 0 Å². The van der Waals surface area contributed by atoms with E-state index in [1.807, 2.05) is 13.0 Å².